The van der Waals surface area contributed by atoms with E-state index in [0.29, 0.717) is 6.54 Å². The minimum Gasteiger partial charge on any atom is -0.480 e. The topological polar surface area (TPSA) is 111 Å². The molecular formula is C12H12FN3O4S. The number of sulfonamides is 1. The molecule has 1 aliphatic rings. The summed E-state index contributed by atoms with van der Waals surface area (Å²) in [6.07, 6.45) is 0. The molecule has 9 heteroatoms. The maximum Gasteiger partial charge on any atom is 0.323 e. The molecule has 0 saturated carbocycles. The number of halogens is 1. The minimum atomic E-state index is -4.11. The molecule has 2 N–H and O–H groups in total. The number of aliphatic carboxylic acids is 1. The summed E-state index contributed by atoms with van der Waals surface area (Å²) in [6.45, 7) is 0.286. The second-order valence-corrected chi connectivity index (χ2v) is 6.32. The molecule has 1 aliphatic heterocycles. The van der Waals surface area contributed by atoms with Gasteiger partial charge in [0.25, 0.3) is 0 Å². The van der Waals surface area contributed by atoms with E-state index in [4.69, 9.17) is 10.4 Å². The molecule has 0 aromatic heterocycles. The van der Waals surface area contributed by atoms with Gasteiger partial charge in [0.2, 0.25) is 10.0 Å². The van der Waals surface area contributed by atoms with Crippen LogP contribution in [0.1, 0.15) is 5.56 Å². The Bertz CT molecular complexity index is 714. The number of carboxylic acid groups (broad SMARTS) is 1. The molecule has 1 saturated heterocycles. The average molecular weight is 313 g/mol. The third-order valence-corrected chi connectivity index (χ3v) is 5.05. The Balaban J connectivity index is 2.46. The molecule has 1 atom stereocenters. The highest BCUT2D eigenvalue weighted by Crippen LogP contribution is 2.21. The first-order valence-corrected chi connectivity index (χ1v) is 7.47. The van der Waals surface area contributed by atoms with Crippen molar-refractivity contribution in [1.82, 2.24) is 9.62 Å². The first-order valence-electron chi connectivity index (χ1n) is 6.03. The fraction of sp³-hybridized carbons (Fsp3) is 0.333. The molecule has 0 aliphatic carbocycles. The summed E-state index contributed by atoms with van der Waals surface area (Å²) in [7, 11) is -4.11. The lowest BCUT2D eigenvalue weighted by Crippen LogP contribution is -2.56. The van der Waals surface area contributed by atoms with E-state index in [9.17, 15) is 17.6 Å². The average Bonchev–Trinajstić information content (AvgIpc) is 2.47. The van der Waals surface area contributed by atoms with Crippen LogP contribution in [0.4, 0.5) is 4.39 Å². The number of rotatable bonds is 3. The zero-order valence-corrected chi connectivity index (χ0v) is 11.6. The van der Waals surface area contributed by atoms with Crippen molar-refractivity contribution >= 4 is 16.0 Å². The van der Waals surface area contributed by atoms with E-state index in [2.05, 4.69) is 5.32 Å². The summed E-state index contributed by atoms with van der Waals surface area (Å²) in [6, 6.07) is 3.13. The van der Waals surface area contributed by atoms with Crippen molar-refractivity contribution in [3.63, 3.8) is 0 Å². The van der Waals surface area contributed by atoms with Crippen molar-refractivity contribution in [3.8, 4) is 6.07 Å². The number of nitrogens with one attached hydrogen (secondary N) is 1. The number of nitrogens with zero attached hydrogens (tertiary/aromatic N) is 2. The summed E-state index contributed by atoms with van der Waals surface area (Å²) < 4.78 is 39.1. The quantitative estimate of drug-likeness (QED) is 0.796. The molecule has 7 nitrogen and oxygen atoms in total. The van der Waals surface area contributed by atoms with Crippen LogP contribution in [0.25, 0.3) is 0 Å². The first-order chi connectivity index (χ1) is 9.87. The third kappa shape index (κ3) is 2.87. The van der Waals surface area contributed by atoms with Crippen molar-refractivity contribution in [2.75, 3.05) is 19.6 Å². The van der Waals surface area contributed by atoms with Crippen molar-refractivity contribution < 1.29 is 22.7 Å². The number of benzene rings is 1. The van der Waals surface area contributed by atoms with Gasteiger partial charge in [-0.3, -0.25) is 4.79 Å². The zero-order chi connectivity index (χ0) is 15.6. The summed E-state index contributed by atoms with van der Waals surface area (Å²) in [5.41, 5.74) is -0.405. The molecule has 2 rings (SSSR count). The summed E-state index contributed by atoms with van der Waals surface area (Å²) in [4.78, 5) is 10.9. The van der Waals surface area contributed by atoms with E-state index in [0.717, 1.165) is 22.5 Å². The number of carbonyl (C=O) groups is 1. The molecule has 0 spiro atoms. The van der Waals surface area contributed by atoms with Crippen molar-refractivity contribution in [1.29, 1.82) is 5.26 Å². The Kier molecular flexibility index (Phi) is 4.22. The fourth-order valence-electron chi connectivity index (χ4n) is 2.07. The lowest BCUT2D eigenvalue weighted by molar-refractivity contribution is -0.141. The first kappa shape index (κ1) is 15.4. The molecule has 1 aromatic carbocycles. The van der Waals surface area contributed by atoms with Gasteiger partial charge in [0, 0.05) is 19.6 Å². The Morgan fingerprint density at radius 3 is 2.86 bits per heavy atom. The van der Waals surface area contributed by atoms with Crippen LogP contribution in [0.5, 0.6) is 0 Å². The molecular weight excluding hydrogens is 301 g/mol. The van der Waals surface area contributed by atoms with Gasteiger partial charge < -0.3 is 10.4 Å². The number of nitriles is 1. The van der Waals surface area contributed by atoms with E-state index in [1.807, 2.05) is 0 Å². The zero-order valence-electron chi connectivity index (χ0n) is 10.8. The molecule has 112 valence electrons. The standard InChI is InChI=1S/C12H12FN3O4S/c13-10-2-1-9(5-8(10)6-14)21(19,20)16-4-3-15-7-11(16)12(17)18/h1-2,5,11,15H,3-4,7H2,(H,17,18). The highest BCUT2D eigenvalue weighted by atomic mass is 32.2. The monoisotopic (exact) mass is 313 g/mol. The summed E-state index contributed by atoms with van der Waals surface area (Å²) in [5, 5.41) is 20.7. The Hall–Kier alpha value is -2.02. The molecule has 1 unspecified atom stereocenters. The number of hydrogen-bond acceptors (Lipinski definition) is 5. The van der Waals surface area contributed by atoms with Gasteiger partial charge in [0.05, 0.1) is 10.5 Å². The van der Waals surface area contributed by atoms with Crippen LogP contribution in [0, 0.1) is 17.1 Å². The second-order valence-electron chi connectivity index (χ2n) is 4.43. The van der Waals surface area contributed by atoms with E-state index >= 15 is 0 Å². The second kappa shape index (κ2) is 5.77. The van der Waals surface area contributed by atoms with Crippen molar-refractivity contribution in [2.24, 2.45) is 0 Å². The molecule has 0 amide bonds. The fourth-order valence-corrected chi connectivity index (χ4v) is 3.68. The lowest BCUT2D eigenvalue weighted by atomic mass is 10.2. The summed E-state index contributed by atoms with van der Waals surface area (Å²) >= 11 is 0. The van der Waals surface area contributed by atoms with Gasteiger partial charge in [0.1, 0.15) is 17.9 Å². The van der Waals surface area contributed by atoms with E-state index < -0.39 is 33.4 Å². The Morgan fingerprint density at radius 1 is 1.52 bits per heavy atom. The SMILES string of the molecule is N#Cc1cc(S(=O)(=O)N2CCNCC2C(=O)O)ccc1F. The van der Waals surface area contributed by atoms with Crippen molar-refractivity contribution in [3.05, 3.63) is 29.6 Å². The van der Waals surface area contributed by atoms with Crippen LogP contribution in [-0.4, -0.2) is 49.5 Å². The Morgan fingerprint density at radius 2 is 2.24 bits per heavy atom. The van der Waals surface area contributed by atoms with Crippen LogP contribution >= 0.6 is 0 Å². The normalized spacial score (nSPS) is 19.9. The minimum absolute atomic E-state index is 0.0130. The molecule has 1 aromatic rings. The summed E-state index contributed by atoms with van der Waals surface area (Å²) in [5.74, 6) is -2.10. The van der Waals surface area contributed by atoms with Gasteiger partial charge in [-0.15, -0.1) is 0 Å². The maximum atomic E-state index is 13.3. The van der Waals surface area contributed by atoms with Gasteiger partial charge in [-0.25, -0.2) is 12.8 Å². The molecule has 1 fully saturated rings. The van der Waals surface area contributed by atoms with Crippen LogP contribution in [0.3, 0.4) is 0 Å². The third-order valence-electron chi connectivity index (χ3n) is 3.14. The van der Waals surface area contributed by atoms with E-state index in [1.54, 1.807) is 6.07 Å². The van der Waals surface area contributed by atoms with Gasteiger partial charge in [0.15, 0.2) is 0 Å². The largest absolute Gasteiger partial charge is 0.480 e. The molecule has 0 bridgehead atoms. The van der Waals surface area contributed by atoms with Crippen LogP contribution in [0.2, 0.25) is 0 Å². The number of carboxylic acids is 1. The number of piperazine rings is 1. The highest BCUT2D eigenvalue weighted by molar-refractivity contribution is 7.89. The predicted molar refractivity (Wildman–Crippen MR) is 69.3 cm³/mol. The van der Waals surface area contributed by atoms with Gasteiger partial charge in [-0.05, 0) is 18.2 Å². The smallest absolute Gasteiger partial charge is 0.323 e. The van der Waals surface area contributed by atoms with Gasteiger partial charge in [-0.1, -0.05) is 0 Å². The van der Waals surface area contributed by atoms with E-state index in [1.165, 1.54) is 0 Å². The van der Waals surface area contributed by atoms with Gasteiger partial charge in [-0.2, -0.15) is 9.57 Å². The van der Waals surface area contributed by atoms with Crippen LogP contribution < -0.4 is 5.32 Å². The lowest BCUT2D eigenvalue weighted by Gasteiger charge is -2.32. The van der Waals surface area contributed by atoms with E-state index in [-0.39, 0.29) is 18.0 Å². The highest BCUT2D eigenvalue weighted by Gasteiger charge is 2.37. The van der Waals surface area contributed by atoms with Crippen LogP contribution in [0.15, 0.2) is 23.1 Å². The van der Waals surface area contributed by atoms with Crippen molar-refractivity contribution in [2.45, 2.75) is 10.9 Å². The van der Waals surface area contributed by atoms with Crippen LogP contribution in [-0.2, 0) is 14.8 Å². The predicted octanol–water partition coefficient (Wildman–Crippen LogP) is -0.256. The molecule has 21 heavy (non-hydrogen) atoms. The maximum absolute atomic E-state index is 13.3. The molecule has 0 radical (unpaired) electrons. The van der Waals surface area contributed by atoms with Gasteiger partial charge >= 0.3 is 5.97 Å². The number of hydrogen-bond donors (Lipinski definition) is 2. The Labute approximate surface area is 120 Å². The molecule has 1 heterocycles.